The molecule has 0 aliphatic carbocycles. The second kappa shape index (κ2) is 14.2. The molecule has 0 aliphatic heterocycles. The van der Waals surface area contributed by atoms with Crippen molar-refractivity contribution in [1.82, 2.24) is 10.9 Å². The first kappa shape index (κ1) is 30.8. The lowest BCUT2D eigenvalue weighted by Gasteiger charge is -2.06. The third-order valence-corrected chi connectivity index (χ3v) is 8.05. The molecule has 4 N–H and O–H groups in total. The van der Waals surface area contributed by atoms with Gasteiger partial charge in [-0.3, -0.25) is 19.2 Å². The minimum Gasteiger partial charge on any atom is -0.446 e. The first-order valence-corrected chi connectivity index (χ1v) is 15.2. The number of anilines is 2. The Morgan fingerprint density at radius 2 is 0.956 bits per heavy atom. The number of hydrogen-bond donors (Lipinski definition) is 4. The number of hydrazone groups is 2. The van der Waals surface area contributed by atoms with Gasteiger partial charge in [-0.25, -0.2) is 10.9 Å². The van der Waals surface area contributed by atoms with Crippen LogP contribution in [-0.4, -0.2) is 35.1 Å². The van der Waals surface area contributed by atoms with Crippen LogP contribution in [0.25, 0.3) is 0 Å². The van der Waals surface area contributed by atoms with Crippen LogP contribution in [0.15, 0.2) is 110 Å². The molecule has 45 heavy (non-hydrogen) atoms. The van der Waals surface area contributed by atoms with Gasteiger partial charge in [0.25, 0.3) is 11.8 Å². The number of nitrogens with one attached hydrogen (secondary N) is 4. The molecule has 11 nitrogen and oxygen atoms in total. The average Bonchev–Trinajstić information content (AvgIpc) is 3.86. The molecule has 0 fully saturated rings. The van der Waals surface area contributed by atoms with Gasteiger partial charge in [0.1, 0.15) is 0 Å². The first-order valence-electron chi connectivity index (χ1n) is 13.5. The molecule has 13 heteroatoms. The molecule has 5 rings (SSSR count). The molecule has 3 heterocycles. The number of benzene rings is 2. The van der Waals surface area contributed by atoms with Gasteiger partial charge < -0.3 is 15.1 Å². The molecule has 0 spiro atoms. The lowest BCUT2D eigenvalue weighted by molar-refractivity contribution is 0.0900. The predicted octanol–water partition coefficient (Wildman–Crippen LogP) is 6.22. The van der Waals surface area contributed by atoms with Gasteiger partial charge in [0, 0.05) is 11.4 Å². The zero-order valence-corrected chi connectivity index (χ0v) is 25.6. The number of thiophene rings is 2. The molecule has 0 saturated carbocycles. The second-order valence-corrected chi connectivity index (χ2v) is 11.4. The van der Waals surface area contributed by atoms with Crippen molar-refractivity contribution in [2.45, 2.75) is 13.8 Å². The standard InChI is InChI=1S/C32H26N6O5S2/c1-19(21-7-11-23(12-8-21)33-31(41)27-5-3-17-44-27)35-37-29(39)25-15-16-26(43-25)30(40)38-36-20(2)22-9-13-24(14-10-22)34-32(42)28-6-4-18-45-28/h3-18H,1-2H3,(H,33,41)(H,34,42)(H,37,39)(H,38,40)/b35-19+,36-20+. The highest BCUT2D eigenvalue weighted by molar-refractivity contribution is 7.12. The molecular weight excluding hydrogens is 613 g/mol. The highest BCUT2D eigenvalue weighted by atomic mass is 32.1. The monoisotopic (exact) mass is 638 g/mol. The summed E-state index contributed by atoms with van der Waals surface area (Å²) in [6.07, 6.45) is 0. The van der Waals surface area contributed by atoms with Gasteiger partial charge in [0.05, 0.1) is 21.2 Å². The number of amides is 4. The van der Waals surface area contributed by atoms with Crippen molar-refractivity contribution in [2.24, 2.45) is 10.2 Å². The Kier molecular flexibility index (Phi) is 9.72. The Balaban J connectivity index is 1.11. The summed E-state index contributed by atoms with van der Waals surface area (Å²) in [5.74, 6) is -1.87. The van der Waals surface area contributed by atoms with E-state index in [1.165, 1.54) is 34.8 Å². The van der Waals surface area contributed by atoms with Crippen LogP contribution in [0, 0.1) is 0 Å². The molecular formula is C32H26N6O5S2. The normalized spacial score (nSPS) is 11.5. The molecule has 0 atom stereocenters. The van der Waals surface area contributed by atoms with Gasteiger partial charge in [-0.15, -0.1) is 22.7 Å². The lowest BCUT2D eigenvalue weighted by Crippen LogP contribution is -2.20. The zero-order chi connectivity index (χ0) is 31.8. The van der Waals surface area contributed by atoms with E-state index >= 15 is 0 Å². The van der Waals surface area contributed by atoms with Gasteiger partial charge in [-0.05, 0) is 84.3 Å². The third kappa shape index (κ3) is 8.04. The maximum Gasteiger partial charge on any atom is 0.307 e. The fourth-order valence-electron chi connectivity index (χ4n) is 3.88. The highest BCUT2D eigenvalue weighted by Crippen LogP contribution is 2.16. The Morgan fingerprint density at radius 3 is 1.31 bits per heavy atom. The summed E-state index contributed by atoms with van der Waals surface area (Å²) in [4.78, 5) is 50.8. The average molecular weight is 639 g/mol. The van der Waals surface area contributed by atoms with E-state index in [9.17, 15) is 19.2 Å². The molecule has 0 bridgehead atoms. The quantitative estimate of drug-likeness (QED) is 0.106. The largest absolute Gasteiger partial charge is 0.446 e. The highest BCUT2D eigenvalue weighted by Gasteiger charge is 2.16. The molecule has 0 unspecified atom stereocenters. The van der Waals surface area contributed by atoms with E-state index in [1.807, 2.05) is 22.9 Å². The van der Waals surface area contributed by atoms with E-state index in [0.29, 0.717) is 32.6 Å². The molecule has 0 radical (unpaired) electrons. The van der Waals surface area contributed by atoms with Crippen LogP contribution < -0.4 is 21.5 Å². The van der Waals surface area contributed by atoms with E-state index < -0.39 is 11.8 Å². The second-order valence-electron chi connectivity index (χ2n) is 9.46. The molecule has 5 aromatic rings. The summed E-state index contributed by atoms with van der Waals surface area (Å²) in [6.45, 7) is 3.44. The first-order chi connectivity index (χ1) is 21.8. The Labute approximate surface area is 265 Å². The van der Waals surface area contributed by atoms with Crippen LogP contribution in [0.4, 0.5) is 11.4 Å². The van der Waals surface area contributed by atoms with Crippen LogP contribution in [-0.2, 0) is 0 Å². The van der Waals surface area contributed by atoms with Crippen molar-refractivity contribution in [3.63, 3.8) is 0 Å². The molecule has 0 saturated heterocycles. The molecule has 0 aliphatic rings. The fraction of sp³-hybridized carbons (Fsp3) is 0.0625. The topological polar surface area (TPSA) is 154 Å². The van der Waals surface area contributed by atoms with Crippen LogP contribution in [0.2, 0.25) is 0 Å². The Hall–Kier alpha value is -5.66. The minimum absolute atomic E-state index is 0.107. The van der Waals surface area contributed by atoms with Crippen molar-refractivity contribution in [1.29, 1.82) is 0 Å². The van der Waals surface area contributed by atoms with Crippen molar-refractivity contribution >= 4 is 69.1 Å². The summed E-state index contributed by atoms with van der Waals surface area (Å²) >= 11 is 2.71. The maximum atomic E-state index is 12.6. The number of carbonyl (C=O) groups is 4. The minimum atomic E-state index is -0.640. The zero-order valence-electron chi connectivity index (χ0n) is 24.0. The molecule has 2 aromatic carbocycles. The fourth-order valence-corrected chi connectivity index (χ4v) is 5.12. The van der Waals surface area contributed by atoms with Crippen LogP contribution in [0.3, 0.4) is 0 Å². The lowest BCUT2D eigenvalue weighted by atomic mass is 10.1. The van der Waals surface area contributed by atoms with Crippen LogP contribution >= 0.6 is 22.7 Å². The summed E-state index contributed by atoms with van der Waals surface area (Å²) in [5.41, 5.74) is 8.58. The Morgan fingerprint density at radius 1 is 0.556 bits per heavy atom. The number of carbonyl (C=O) groups excluding carboxylic acids is 4. The maximum absolute atomic E-state index is 12.6. The number of nitrogens with zero attached hydrogens (tertiary/aromatic N) is 2. The van der Waals surface area contributed by atoms with Crippen LogP contribution in [0.5, 0.6) is 0 Å². The molecule has 3 aromatic heterocycles. The van der Waals surface area contributed by atoms with E-state index in [-0.39, 0.29) is 23.3 Å². The smallest absolute Gasteiger partial charge is 0.307 e. The summed E-state index contributed by atoms with van der Waals surface area (Å²) in [7, 11) is 0. The van der Waals surface area contributed by atoms with Gasteiger partial charge in [0.2, 0.25) is 0 Å². The SMILES string of the molecule is C/C(=N\NC(=O)c1ccc(C(=O)N/N=C(\C)c2ccc(NC(=O)c3cccs3)cc2)o1)c1ccc(NC(=O)c2cccs2)cc1. The number of furan rings is 1. The van der Waals surface area contributed by atoms with Crippen molar-refractivity contribution in [3.8, 4) is 0 Å². The summed E-state index contributed by atoms with van der Waals surface area (Å²) < 4.78 is 5.41. The third-order valence-electron chi connectivity index (χ3n) is 6.31. The van der Waals surface area contributed by atoms with E-state index in [4.69, 9.17) is 4.42 Å². The summed E-state index contributed by atoms with van der Waals surface area (Å²) in [5, 5.41) is 17.5. The van der Waals surface area contributed by atoms with Crippen molar-refractivity contribution < 1.29 is 23.6 Å². The van der Waals surface area contributed by atoms with Crippen LogP contribution in [0.1, 0.15) is 65.4 Å². The number of rotatable bonds is 10. The van der Waals surface area contributed by atoms with E-state index in [0.717, 1.165) is 11.1 Å². The van der Waals surface area contributed by atoms with Gasteiger partial charge >= 0.3 is 11.8 Å². The van der Waals surface area contributed by atoms with Crippen molar-refractivity contribution in [3.05, 3.63) is 128 Å². The van der Waals surface area contributed by atoms with E-state index in [2.05, 4.69) is 31.7 Å². The summed E-state index contributed by atoms with van der Waals surface area (Å²) in [6, 6.07) is 23.9. The Bertz CT molecular complexity index is 1740. The van der Waals surface area contributed by atoms with Gasteiger partial charge in [-0.2, -0.15) is 10.2 Å². The molecule has 226 valence electrons. The van der Waals surface area contributed by atoms with Crippen molar-refractivity contribution in [2.75, 3.05) is 10.6 Å². The van der Waals surface area contributed by atoms with Gasteiger partial charge in [0.15, 0.2) is 11.5 Å². The van der Waals surface area contributed by atoms with E-state index in [1.54, 1.807) is 74.5 Å². The van der Waals surface area contributed by atoms with Gasteiger partial charge in [-0.1, -0.05) is 36.4 Å². The molecule has 4 amide bonds. The number of hydrogen-bond acceptors (Lipinski definition) is 9. The predicted molar refractivity (Wildman–Crippen MR) is 175 cm³/mol.